The molecule has 0 bridgehead atoms. The lowest BCUT2D eigenvalue weighted by Gasteiger charge is -2.19. The van der Waals surface area contributed by atoms with Gasteiger partial charge in [-0.15, -0.1) is 0 Å². The van der Waals surface area contributed by atoms with E-state index in [1.54, 1.807) is 18.2 Å². The van der Waals surface area contributed by atoms with Crippen molar-refractivity contribution in [1.29, 1.82) is 0 Å². The second kappa shape index (κ2) is 7.58. The van der Waals surface area contributed by atoms with Crippen LogP contribution in [0.15, 0.2) is 23.1 Å². The van der Waals surface area contributed by atoms with E-state index < -0.39 is 10.0 Å². The maximum absolute atomic E-state index is 12.3. The normalized spacial score (nSPS) is 17.6. The Bertz CT molecular complexity index is 567. The monoisotopic (exact) mass is 330 g/mol. The van der Waals surface area contributed by atoms with E-state index >= 15 is 0 Å². The molecule has 1 heterocycles. The summed E-state index contributed by atoms with van der Waals surface area (Å²) in [7, 11) is -3.53. The van der Waals surface area contributed by atoms with Crippen molar-refractivity contribution < 1.29 is 8.42 Å². The van der Waals surface area contributed by atoms with Crippen LogP contribution in [-0.2, 0) is 10.0 Å². The predicted molar refractivity (Wildman–Crippen MR) is 86.3 cm³/mol. The Morgan fingerprint density at radius 1 is 1.19 bits per heavy atom. The molecular weight excluding hydrogens is 308 g/mol. The first-order chi connectivity index (χ1) is 9.99. The molecule has 0 amide bonds. The van der Waals surface area contributed by atoms with Crippen molar-refractivity contribution >= 4 is 21.6 Å². The van der Waals surface area contributed by atoms with E-state index in [9.17, 15) is 8.42 Å². The van der Waals surface area contributed by atoms with Gasteiger partial charge in [0.25, 0.3) is 0 Å². The van der Waals surface area contributed by atoms with Crippen LogP contribution in [0.3, 0.4) is 0 Å². The minimum absolute atomic E-state index is 0.158. The van der Waals surface area contributed by atoms with Gasteiger partial charge in [-0.2, -0.15) is 0 Å². The maximum atomic E-state index is 12.3. The van der Waals surface area contributed by atoms with E-state index in [1.807, 2.05) is 6.92 Å². The lowest BCUT2D eigenvalue weighted by Crippen LogP contribution is -2.35. The molecule has 0 aliphatic carbocycles. The first kappa shape index (κ1) is 16.7. The summed E-state index contributed by atoms with van der Waals surface area (Å²) < 4.78 is 27.2. The highest BCUT2D eigenvalue weighted by Crippen LogP contribution is 2.22. The Morgan fingerprint density at radius 2 is 1.86 bits per heavy atom. The molecule has 2 rings (SSSR count). The van der Waals surface area contributed by atoms with Gasteiger partial charge in [0.2, 0.25) is 10.0 Å². The summed E-state index contributed by atoms with van der Waals surface area (Å²) in [6, 6.07) is 4.99. The Kier molecular flexibility index (Phi) is 6.05. The summed E-state index contributed by atoms with van der Waals surface area (Å²) in [5, 5.41) is 0.275. The average Bonchev–Trinajstić information content (AvgIpc) is 2.66. The molecule has 0 spiro atoms. The molecule has 1 aromatic rings. The van der Waals surface area contributed by atoms with Crippen molar-refractivity contribution in [1.82, 2.24) is 9.62 Å². The fourth-order valence-electron chi connectivity index (χ4n) is 2.60. The topological polar surface area (TPSA) is 49.4 Å². The molecule has 0 atom stereocenters. The first-order valence-corrected chi connectivity index (χ1v) is 9.33. The van der Waals surface area contributed by atoms with Gasteiger partial charge < -0.3 is 4.90 Å². The molecule has 21 heavy (non-hydrogen) atoms. The highest BCUT2D eigenvalue weighted by molar-refractivity contribution is 7.89. The van der Waals surface area contributed by atoms with Crippen LogP contribution >= 0.6 is 11.6 Å². The van der Waals surface area contributed by atoms with Crippen LogP contribution < -0.4 is 4.72 Å². The number of hydrogen-bond donors (Lipinski definition) is 1. The molecule has 0 saturated carbocycles. The molecule has 1 saturated heterocycles. The van der Waals surface area contributed by atoms with Gasteiger partial charge in [-0.3, -0.25) is 0 Å². The van der Waals surface area contributed by atoms with Crippen LogP contribution in [0.5, 0.6) is 0 Å². The standard InChI is InChI=1S/C15H23ClN2O2S/c1-13-6-7-15(14(16)12-13)21(19,20)17-8-11-18-9-4-2-3-5-10-18/h6-7,12,17H,2-5,8-11H2,1H3. The quantitative estimate of drug-likeness (QED) is 0.903. The maximum Gasteiger partial charge on any atom is 0.242 e. The number of aryl methyl sites for hydroxylation is 1. The summed E-state index contributed by atoms with van der Waals surface area (Å²) >= 11 is 6.03. The molecule has 0 aromatic heterocycles. The third-order valence-electron chi connectivity index (χ3n) is 3.80. The second-order valence-electron chi connectivity index (χ2n) is 5.59. The Hall–Kier alpha value is -0.620. The van der Waals surface area contributed by atoms with Crippen LogP contribution in [0.1, 0.15) is 31.2 Å². The molecule has 1 fully saturated rings. The number of halogens is 1. The van der Waals surface area contributed by atoms with Crippen LogP contribution in [0.4, 0.5) is 0 Å². The largest absolute Gasteiger partial charge is 0.302 e. The number of nitrogens with one attached hydrogen (secondary N) is 1. The van der Waals surface area contributed by atoms with Crippen LogP contribution in [-0.4, -0.2) is 39.5 Å². The second-order valence-corrected chi connectivity index (χ2v) is 7.73. The molecule has 1 aromatic carbocycles. The average molecular weight is 331 g/mol. The number of likely N-dealkylation sites (tertiary alicyclic amines) is 1. The number of benzene rings is 1. The zero-order valence-electron chi connectivity index (χ0n) is 12.4. The summed E-state index contributed by atoms with van der Waals surface area (Å²) in [5.41, 5.74) is 0.948. The zero-order chi connectivity index (χ0) is 15.3. The molecule has 6 heteroatoms. The highest BCUT2D eigenvalue weighted by Gasteiger charge is 2.18. The van der Waals surface area contributed by atoms with Gasteiger partial charge in [-0.25, -0.2) is 13.1 Å². The lowest BCUT2D eigenvalue weighted by molar-refractivity contribution is 0.290. The summed E-state index contributed by atoms with van der Waals surface area (Å²) in [6.07, 6.45) is 4.97. The molecule has 4 nitrogen and oxygen atoms in total. The van der Waals surface area contributed by atoms with Crippen molar-refractivity contribution in [3.8, 4) is 0 Å². The first-order valence-electron chi connectivity index (χ1n) is 7.47. The van der Waals surface area contributed by atoms with Gasteiger partial charge in [-0.1, -0.05) is 30.5 Å². The molecule has 1 aliphatic rings. The predicted octanol–water partition coefficient (Wildman–Crippen LogP) is 2.80. The number of sulfonamides is 1. The smallest absolute Gasteiger partial charge is 0.242 e. The molecular formula is C15H23ClN2O2S. The Balaban J connectivity index is 1.91. The third kappa shape index (κ3) is 4.95. The Morgan fingerprint density at radius 3 is 2.48 bits per heavy atom. The van der Waals surface area contributed by atoms with Gasteiger partial charge >= 0.3 is 0 Å². The summed E-state index contributed by atoms with van der Waals surface area (Å²) in [6.45, 7) is 5.18. The fourth-order valence-corrected chi connectivity index (χ4v) is 4.22. The van der Waals surface area contributed by atoms with E-state index in [4.69, 9.17) is 11.6 Å². The lowest BCUT2D eigenvalue weighted by atomic mass is 10.2. The minimum Gasteiger partial charge on any atom is -0.302 e. The summed E-state index contributed by atoms with van der Waals surface area (Å²) in [5.74, 6) is 0. The van der Waals surface area contributed by atoms with Crippen molar-refractivity contribution in [2.24, 2.45) is 0 Å². The van der Waals surface area contributed by atoms with E-state index in [0.29, 0.717) is 6.54 Å². The van der Waals surface area contributed by atoms with Gasteiger partial charge in [0.05, 0.1) is 5.02 Å². The molecule has 0 radical (unpaired) electrons. The zero-order valence-corrected chi connectivity index (χ0v) is 14.0. The third-order valence-corrected chi connectivity index (χ3v) is 5.74. The number of rotatable bonds is 5. The minimum atomic E-state index is -3.53. The Labute approximate surface area is 132 Å². The SMILES string of the molecule is Cc1ccc(S(=O)(=O)NCCN2CCCCCC2)c(Cl)c1. The van der Waals surface area contributed by atoms with Crippen LogP contribution in [0, 0.1) is 6.92 Å². The van der Waals surface area contributed by atoms with Gasteiger partial charge in [-0.05, 0) is 50.6 Å². The van der Waals surface area contributed by atoms with E-state index in [0.717, 1.165) is 25.2 Å². The van der Waals surface area contributed by atoms with E-state index in [-0.39, 0.29) is 9.92 Å². The van der Waals surface area contributed by atoms with Crippen molar-refractivity contribution in [2.75, 3.05) is 26.2 Å². The van der Waals surface area contributed by atoms with E-state index in [2.05, 4.69) is 9.62 Å². The highest BCUT2D eigenvalue weighted by atomic mass is 35.5. The van der Waals surface area contributed by atoms with Crippen LogP contribution in [0.2, 0.25) is 5.02 Å². The van der Waals surface area contributed by atoms with Crippen molar-refractivity contribution in [2.45, 2.75) is 37.5 Å². The van der Waals surface area contributed by atoms with Crippen LogP contribution in [0.25, 0.3) is 0 Å². The van der Waals surface area contributed by atoms with E-state index in [1.165, 1.54) is 25.7 Å². The molecule has 0 unspecified atom stereocenters. The van der Waals surface area contributed by atoms with Crippen molar-refractivity contribution in [3.05, 3.63) is 28.8 Å². The molecule has 118 valence electrons. The summed E-state index contributed by atoms with van der Waals surface area (Å²) in [4.78, 5) is 2.48. The van der Waals surface area contributed by atoms with Crippen molar-refractivity contribution in [3.63, 3.8) is 0 Å². The fraction of sp³-hybridized carbons (Fsp3) is 0.600. The molecule has 1 N–H and O–H groups in total. The van der Waals surface area contributed by atoms with Gasteiger partial charge in [0.15, 0.2) is 0 Å². The number of nitrogens with zero attached hydrogens (tertiary/aromatic N) is 1. The van der Waals surface area contributed by atoms with Gasteiger partial charge in [0.1, 0.15) is 4.90 Å². The molecule has 1 aliphatic heterocycles. The number of hydrogen-bond acceptors (Lipinski definition) is 3. The van der Waals surface area contributed by atoms with Gasteiger partial charge in [0, 0.05) is 13.1 Å².